The molecule has 0 N–H and O–H groups in total. The molecule has 1 heterocycles. The van der Waals surface area contributed by atoms with Crippen LogP contribution in [0.4, 0.5) is 0 Å². The van der Waals surface area contributed by atoms with E-state index in [1.807, 2.05) is 0 Å². The molecule has 0 amide bonds. The van der Waals surface area contributed by atoms with Crippen LogP contribution in [0.2, 0.25) is 0 Å². The Morgan fingerprint density at radius 3 is 2.55 bits per heavy atom. The van der Waals surface area contributed by atoms with E-state index in [9.17, 15) is 8.42 Å². The van der Waals surface area contributed by atoms with Gasteiger partial charge in [-0.2, -0.15) is 0 Å². The molecule has 0 aromatic carbocycles. The van der Waals surface area contributed by atoms with E-state index in [1.165, 1.54) is 11.3 Å². The lowest BCUT2D eigenvalue weighted by Crippen LogP contribution is -2.12. The van der Waals surface area contributed by atoms with Gasteiger partial charge in [-0.15, -0.1) is 11.3 Å². The van der Waals surface area contributed by atoms with Crippen LogP contribution in [-0.2, 0) is 9.84 Å². The van der Waals surface area contributed by atoms with E-state index >= 15 is 0 Å². The first-order chi connectivity index (χ1) is 5.05. The maximum atomic E-state index is 11.4. The molecule has 0 atom stereocenters. The van der Waals surface area contributed by atoms with Crippen molar-refractivity contribution >= 4 is 21.2 Å². The van der Waals surface area contributed by atoms with Gasteiger partial charge in [-0.25, -0.2) is 8.42 Å². The van der Waals surface area contributed by atoms with Crippen molar-refractivity contribution in [2.45, 2.75) is 24.0 Å². The molecule has 4 heteroatoms. The smallest absolute Gasteiger partial charge is 0.182 e. The minimum absolute atomic E-state index is 0.317. The van der Waals surface area contributed by atoms with Gasteiger partial charge in [0.2, 0.25) is 0 Å². The van der Waals surface area contributed by atoms with Crippen LogP contribution in [0.5, 0.6) is 0 Å². The Morgan fingerprint density at radius 2 is 2.18 bits per heavy atom. The summed E-state index contributed by atoms with van der Waals surface area (Å²) in [6, 6.07) is 1.58. The second-order valence-electron chi connectivity index (χ2n) is 2.48. The van der Waals surface area contributed by atoms with Crippen molar-refractivity contribution in [3.05, 3.63) is 16.8 Å². The topological polar surface area (TPSA) is 34.1 Å². The molecule has 0 saturated carbocycles. The van der Waals surface area contributed by atoms with E-state index < -0.39 is 9.84 Å². The molecule has 0 aliphatic carbocycles. The molecule has 1 rings (SSSR count). The molecule has 0 aliphatic heterocycles. The summed E-state index contributed by atoms with van der Waals surface area (Å²) in [5, 5.41) is 4.08. The highest BCUT2D eigenvalue weighted by molar-refractivity contribution is 7.92. The van der Waals surface area contributed by atoms with Gasteiger partial charge in [-0.05, 0) is 25.3 Å². The molecule has 0 unspecified atom stereocenters. The fourth-order valence-corrected chi connectivity index (χ4v) is 2.55. The normalized spacial score (nSPS) is 12.3. The quantitative estimate of drug-likeness (QED) is 0.710. The van der Waals surface area contributed by atoms with Gasteiger partial charge in [-0.3, -0.25) is 0 Å². The Kier molecular flexibility index (Phi) is 2.34. The van der Waals surface area contributed by atoms with E-state index in [0.717, 1.165) is 0 Å². The van der Waals surface area contributed by atoms with Gasteiger partial charge in [0.25, 0.3) is 0 Å². The Labute approximate surface area is 70.8 Å². The number of hydrogen-bond acceptors (Lipinski definition) is 3. The maximum absolute atomic E-state index is 11.4. The lowest BCUT2D eigenvalue weighted by molar-refractivity contribution is 0.587. The van der Waals surface area contributed by atoms with E-state index in [1.54, 1.807) is 25.3 Å². The second kappa shape index (κ2) is 2.95. The number of hydrogen-bond donors (Lipinski definition) is 0. The van der Waals surface area contributed by atoms with Crippen LogP contribution in [0.3, 0.4) is 0 Å². The van der Waals surface area contributed by atoms with Crippen molar-refractivity contribution in [1.29, 1.82) is 0 Å². The SMILES string of the molecule is CC(C)S(=O)(=O)c1[c]scc1. The first kappa shape index (κ1) is 8.74. The maximum Gasteiger partial charge on any atom is 0.182 e. The number of rotatable bonds is 2. The van der Waals surface area contributed by atoms with Crippen LogP contribution in [0.15, 0.2) is 16.3 Å². The van der Waals surface area contributed by atoms with Crippen LogP contribution in [0.1, 0.15) is 13.8 Å². The molecule has 0 bridgehead atoms. The summed E-state index contributed by atoms with van der Waals surface area (Å²) >= 11 is 1.28. The highest BCUT2D eigenvalue weighted by Crippen LogP contribution is 2.17. The Hall–Kier alpha value is -0.350. The standard InChI is InChI=1S/C7H9O2S2/c1-6(2)11(8,9)7-3-4-10-5-7/h3-4,6H,1-2H3. The molecular formula is C7H9O2S2. The van der Waals surface area contributed by atoms with Crippen LogP contribution in [0, 0.1) is 5.38 Å². The van der Waals surface area contributed by atoms with Gasteiger partial charge < -0.3 is 0 Å². The van der Waals surface area contributed by atoms with Gasteiger partial charge in [-0.1, -0.05) is 0 Å². The Bertz CT molecular complexity index is 308. The molecule has 1 radical (unpaired) electrons. The summed E-state index contributed by atoms with van der Waals surface area (Å²) in [6.07, 6.45) is 0. The van der Waals surface area contributed by atoms with Crippen LogP contribution >= 0.6 is 11.3 Å². The third-order valence-electron chi connectivity index (χ3n) is 1.37. The zero-order valence-corrected chi connectivity index (χ0v) is 8.00. The van der Waals surface area contributed by atoms with Gasteiger partial charge in [0, 0.05) is 0 Å². The van der Waals surface area contributed by atoms with Crippen LogP contribution in [0.25, 0.3) is 0 Å². The van der Waals surface area contributed by atoms with Gasteiger partial charge >= 0.3 is 0 Å². The lowest BCUT2D eigenvalue weighted by atomic mass is 10.6. The van der Waals surface area contributed by atoms with Gasteiger partial charge in [0.05, 0.1) is 15.5 Å². The fourth-order valence-electron chi connectivity index (χ4n) is 0.629. The van der Waals surface area contributed by atoms with Crippen molar-refractivity contribution in [3.8, 4) is 0 Å². The van der Waals surface area contributed by atoms with Crippen molar-refractivity contribution in [2.24, 2.45) is 0 Å². The molecule has 61 valence electrons. The molecule has 0 saturated heterocycles. The minimum Gasteiger partial charge on any atom is -0.223 e. The highest BCUT2D eigenvalue weighted by atomic mass is 32.2. The first-order valence-corrected chi connectivity index (χ1v) is 5.67. The van der Waals surface area contributed by atoms with E-state index in [-0.39, 0.29) is 5.25 Å². The third kappa shape index (κ3) is 1.62. The molecule has 2 nitrogen and oxygen atoms in total. The molecule has 0 fully saturated rings. The summed E-state index contributed by atoms with van der Waals surface area (Å²) < 4.78 is 22.7. The van der Waals surface area contributed by atoms with E-state index in [4.69, 9.17) is 0 Å². The summed E-state index contributed by atoms with van der Waals surface area (Å²) in [5.74, 6) is 0. The Morgan fingerprint density at radius 1 is 1.55 bits per heavy atom. The van der Waals surface area contributed by atoms with Crippen molar-refractivity contribution in [1.82, 2.24) is 0 Å². The molecular weight excluding hydrogens is 180 g/mol. The van der Waals surface area contributed by atoms with Crippen molar-refractivity contribution in [3.63, 3.8) is 0 Å². The van der Waals surface area contributed by atoms with Crippen LogP contribution < -0.4 is 0 Å². The summed E-state index contributed by atoms with van der Waals surface area (Å²) in [7, 11) is -3.08. The van der Waals surface area contributed by atoms with Gasteiger partial charge in [0.15, 0.2) is 9.84 Å². The summed E-state index contributed by atoms with van der Waals surface area (Å²) in [4.78, 5) is 0.317. The number of sulfone groups is 1. The predicted molar refractivity (Wildman–Crippen MR) is 45.5 cm³/mol. The zero-order chi connectivity index (χ0) is 8.48. The third-order valence-corrected chi connectivity index (χ3v) is 4.21. The molecule has 11 heavy (non-hydrogen) atoms. The van der Waals surface area contributed by atoms with E-state index in [2.05, 4.69) is 5.38 Å². The largest absolute Gasteiger partial charge is 0.223 e. The minimum atomic E-state index is -3.08. The molecule has 1 aromatic heterocycles. The van der Waals surface area contributed by atoms with Crippen LogP contribution in [-0.4, -0.2) is 13.7 Å². The van der Waals surface area contributed by atoms with E-state index in [0.29, 0.717) is 4.90 Å². The molecule has 1 aromatic rings. The number of thiophene rings is 1. The van der Waals surface area contributed by atoms with Gasteiger partial charge in [0.1, 0.15) is 0 Å². The monoisotopic (exact) mass is 189 g/mol. The first-order valence-electron chi connectivity index (χ1n) is 3.24. The summed E-state index contributed by atoms with van der Waals surface area (Å²) in [5.41, 5.74) is 0. The fraction of sp³-hybridized carbons (Fsp3) is 0.429. The van der Waals surface area contributed by atoms with Crippen molar-refractivity contribution < 1.29 is 8.42 Å². The average Bonchev–Trinajstić information content (AvgIpc) is 2.37. The predicted octanol–water partition coefficient (Wildman–Crippen LogP) is 1.73. The summed E-state index contributed by atoms with van der Waals surface area (Å²) in [6.45, 7) is 3.34. The van der Waals surface area contributed by atoms with Crippen molar-refractivity contribution in [2.75, 3.05) is 0 Å². The Balaban J connectivity index is 3.12. The average molecular weight is 189 g/mol. The zero-order valence-electron chi connectivity index (χ0n) is 6.37. The highest BCUT2D eigenvalue weighted by Gasteiger charge is 2.19. The second-order valence-corrected chi connectivity index (χ2v) is 5.67. The molecule has 0 spiro atoms. The molecule has 0 aliphatic rings. The lowest BCUT2D eigenvalue weighted by Gasteiger charge is -2.03.